The van der Waals surface area contributed by atoms with Gasteiger partial charge >= 0.3 is 0 Å². The van der Waals surface area contributed by atoms with Crippen LogP contribution in [0.2, 0.25) is 0 Å². The molecule has 0 radical (unpaired) electrons. The van der Waals surface area contributed by atoms with Crippen molar-refractivity contribution in [2.75, 3.05) is 33.2 Å². The number of carbonyl (C=O) groups is 2. The van der Waals surface area contributed by atoms with Crippen LogP contribution in [0.25, 0.3) is 11.1 Å². The van der Waals surface area contributed by atoms with Crippen LogP contribution in [0.1, 0.15) is 20.7 Å². The van der Waals surface area contributed by atoms with Gasteiger partial charge in [-0.2, -0.15) is 0 Å². The second-order valence-corrected chi connectivity index (χ2v) is 6.00. The topological polar surface area (TPSA) is 79.5 Å². The van der Waals surface area contributed by atoms with Crippen molar-refractivity contribution in [3.05, 3.63) is 53.9 Å². The summed E-state index contributed by atoms with van der Waals surface area (Å²) in [6.45, 7) is 3.30. The summed E-state index contributed by atoms with van der Waals surface area (Å²) in [6.07, 6.45) is 3.11. The Balaban J connectivity index is 1.77. The Kier molecular flexibility index (Phi) is 4.57. The molecule has 1 saturated heterocycles. The minimum absolute atomic E-state index is 0.0543. The summed E-state index contributed by atoms with van der Waals surface area (Å²) in [5.74, 6) is -0.454. The molecule has 6 nitrogen and oxygen atoms in total. The number of piperazine rings is 1. The van der Waals surface area contributed by atoms with Gasteiger partial charge in [0.1, 0.15) is 0 Å². The van der Waals surface area contributed by atoms with Gasteiger partial charge in [-0.25, -0.2) is 0 Å². The van der Waals surface area contributed by atoms with E-state index in [4.69, 9.17) is 5.73 Å². The van der Waals surface area contributed by atoms with Crippen LogP contribution in [0, 0.1) is 0 Å². The number of carbonyl (C=O) groups excluding carboxylic acids is 2. The van der Waals surface area contributed by atoms with Gasteiger partial charge in [0.25, 0.3) is 5.91 Å². The maximum absolute atomic E-state index is 12.5. The van der Waals surface area contributed by atoms with E-state index in [0.29, 0.717) is 11.1 Å². The Morgan fingerprint density at radius 1 is 0.958 bits per heavy atom. The Labute approximate surface area is 140 Å². The summed E-state index contributed by atoms with van der Waals surface area (Å²) in [7, 11) is 2.06. The standard InChI is InChI=1S/C18H20N4O2/c1-21-6-8-22(9-7-21)18(24)14-4-2-13(3-5-14)15-10-16(17(19)23)12-20-11-15/h2-5,10-12H,6-9H2,1H3,(H2,19,23). The first-order valence-electron chi connectivity index (χ1n) is 7.88. The van der Waals surface area contributed by atoms with Crippen molar-refractivity contribution in [2.45, 2.75) is 0 Å². The summed E-state index contributed by atoms with van der Waals surface area (Å²) < 4.78 is 0. The van der Waals surface area contributed by atoms with E-state index >= 15 is 0 Å². The fourth-order valence-electron chi connectivity index (χ4n) is 2.73. The van der Waals surface area contributed by atoms with Crippen LogP contribution in [0.3, 0.4) is 0 Å². The van der Waals surface area contributed by atoms with E-state index < -0.39 is 5.91 Å². The number of benzene rings is 1. The fourth-order valence-corrected chi connectivity index (χ4v) is 2.73. The van der Waals surface area contributed by atoms with Gasteiger partial charge in [0.05, 0.1) is 5.56 Å². The molecular formula is C18H20N4O2. The van der Waals surface area contributed by atoms with Gasteiger partial charge in [-0.3, -0.25) is 14.6 Å². The summed E-state index contributed by atoms with van der Waals surface area (Å²) in [5.41, 5.74) is 8.00. The van der Waals surface area contributed by atoms with E-state index in [1.807, 2.05) is 29.2 Å². The molecule has 0 aliphatic carbocycles. The third kappa shape index (κ3) is 3.44. The molecule has 6 heteroatoms. The molecule has 1 fully saturated rings. The van der Waals surface area contributed by atoms with Crippen molar-refractivity contribution in [1.82, 2.24) is 14.8 Å². The predicted octanol–water partition coefficient (Wildman–Crippen LogP) is 1.24. The van der Waals surface area contributed by atoms with Gasteiger partial charge in [0.15, 0.2) is 0 Å². The average Bonchev–Trinajstić information content (AvgIpc) is 2.62. The van der Waals surface area contributed by atoms with Crippen LogP contribution in [-0.2, 0) is 0 Å². The van der Waals surface area contributed by atoms with Crippen LogP contribution in [0.15, 0.2) is 42.7 Å². The quantitative estimate of drug-likeness (QED) is 0.921. The third-order valence-electron chi connectivity index (χ3n) is 4.28. The first-order valence-corrected chi connectivity index (χ1v) is 7.88. The zero-order valence-corrected chi connectivity index (χ0v) is 13.6. The molecule has 1 aromatic carbocycles. The van der Waals surface area contributed by atoms with Crippen LogP contribution in [0.4, 0.5) is 0 Å². The van der Waals surface area contributed by atoms with E-state index in [2.05, 4.69) is 16.9 Å². The highest BCUT2D eigenvalue weighted by molar-refractivity contribution is 5.95. The lowest BCUT2D eigenvalue weighted by Crippen LogP contribution is -2.47. The molecule has 0 bridgehead atoms. The van der Waals surface area contributed by atoms with Crippen molar-refractivity contribution >= 4 is 11.8 Å². The average molecular weight is 324 g/mol. The third-order valence-corrected chi connectivity index (χ3v) is 4.28. The summed E-state index contributed by atoms with van der Waals surface area (Å²) in [5, 5.41) is 0. The number of aromatic nitrogens is 1. The van der Waals surface area contributed by atoms with Crippen molar-refractivity contribution in [2.24, 2.45) is 5.73 Å². The lowest BCUT2D eigenvalue weighted by Gasteiger charge is -2.32. The van der Waals surface area contributed by atoms with Crippen LogP contribution < -0.4 is 5.73 Å². The monoisotopic (exact) mass is 324 g/mol. The molecule has 0 atom stereocenters. The predicted molar refractivity (Wildman–Crippen MR) is 91.6 cm³/mol. The molecule has 3 rings (SSSR count). The van der Waals surface area contributed by atoms with Crippen molar-refractivity contribution in [1.29, 1.82) is 0 Å². The molecule has 1 aromatic heterocycles. The molecule has 124 valence electrons. The van der Waals surface area contributed by atoms with Gasteiger partial charge in [-0.05, 0) is 30.8 Å². The van der Waals surface area contributed by atoms with Crippen molar-refractivity contribution in [3.63, 3.8) is 0 Å². The Morgan fingerprint density at radius 3 is 2.25 bits per heavy atom. The number of likely N-dealkylation sites (N-methyl/N-ethyl adjacent to an activating group) is 1. The molecule has 1 aliphatic heterocycles. The molecule has 0 saturated carbocycles. The van der Waals surface area contributed by atoms with Crippen molar-refractivity contribution in [3.8, 4) is 11.1 Å². The van der Waals surface area contributed by atoms with Gasteiger partial charge in [-0.15, -0.1) is 0 Å². The van der Waals surface area contributed by atoms with Gasteiger partial charge < -0.3 is 15.5 Å². The number of hydrogen-bond acceptors (Lipinski definition) is 4. The number of amides is 2. The van der Waals surface area contributed by atoms with Gasteiger partial charge in [-0.1, -0.05) is 12.1 Å². The van der Waals surface area contributed by atoms with Gasteiger partial charge in [0.2, 0.25) is 5.91 Å². The summed E-state index contributed by atoms with van der Waals surface area (Å²) in [6, 6.07) is 9.06. The lowest BCUT2D eigenvalue weighted by molar-refractivity contribution is 0.0664. The number of rotatable bonds is 3. The highest BCUT2D eigenvalue weighted by atomic mass is 16.2. The lowest BCUT2D eigenvalue weighted by atomic mass is 10.0. The molecule has 24 heavy (non-hydrogen) atoms. The summed E-state index contributed by atoms with van der Waals surface area (Å²) >= 11 is 0. The van der Waals surface area contributed by atoms with E-state index in [0.717, 1.165) is 37.3 Å². The molecule has 2 aromatic rings. The van der Waals surface area contributed by atoms with Crippen molar-refractivity contribution < 1.29 is 9.59 Å². The number of pyridine rings is 1. The van der Waals surface area contributed by atoms with E-state index in [9.17, 15) is 9.59 Å². The fraction of sp³-hybridized carbons (Fsp3) is 0.278. The van der Waals surface area contributed by atoms with E-state index in [1.54, 1.807) is 12.3 Å². The van der Waals surface area contributed by atoms with Gasteiger partial charge in [0, 0.05) is 49.7 Å². The largest absolute Gasteiger partial charge is 0.366 e. The zero-order valence-electron chi connectivity index (χ0n) is 13.6. The first-order chi connectivity index (χ1) is 11.5. The minimum Gasteiger partial charge on any atom is -0.366 e. The molecule has 2 amide bonds. The Hall–Kier alpha value is -2.73. The molecule has 2 N–H and O–H groups in total. The number of nitrogens with zero attached hydrogens (tertiary/aromatic N) is 3. The maximum atomic E-state index is 12.5. The van der Waals surface area contributed by atoms with E-state index in [-0.39, 0.29) is 5.91 Å². The highest BCUT2D eigenvalue weighted by Crippen LogP contribution is 2.20. The molecular weight excluding hydrogens is 304 g/mol. The highest BCUT2D eigenvalue weighted by Gasteiger charge is 2.20. The second kappa shape index (κ2) is 6.80. The Morgan fingerprint density at radius 2 is 1.62 bits per heavy atom. The number of primary amides is 1. The first kappa shape index (κ1) is 16.1. The van der Waals surface area contributed by atoms with Crippen LogP contribution in [-0.4, -0.2) is 59.8 Å². The number of nitrogens with two attached hydrogens (primary N) is 1. The smallest absolute Gasteiger partial charge is 0.253 e. The molecule has 0 spiro atoms. The molecule has 0 unspecified atom stereocenters. The maximum Gasteiger partial charge on any atom is 0.253 e. The molecule has 1 aliphatic rings. The van der Waals surface area contributed by atoms with E-state index in [1.165, 1.54) is 6.20 Å². The Bertz CT molecular complexity index is 750. The second-order valence-electron chi connectivity index (χ2n) is 6.00. The SMILES string of the molecule is CN1CCN(C(=O)c2ccc(-c3cncc(C(N)=O)c3)cc2)CC1. The van der Waals surface area contributed by atoms with Crippen LogP contribution in [0.5, 0.6) is 0 Å². The molecule has 2 heterocycles. The zero-order chi connectivity index (χ0) is 17.1. The van der Waals surface area contributed by atoms with Crippen LogP contribution >= 0.6 is 0 Å². The summed E-state index contributed by atoms with van der Waals surface area (Å²) in [4.78, 5) is 31.9. The number of hydrogen-bond donors (Lipinski definition) is 1. The minimum atomic E-state index is -0.508. The normalized spacial score (nSPS) is 15.3.